The predicted octanol–water partition coefficient (Wildman–Crippen LogP) is 2.75. The van der Waals surface area contributed by atoms with E-state index < -0.39 is 11.6 Å². The summed E-state index contributed by atoms with van der Waals surface area (Å²) in [5.74, 6) is -0.419. The molecule has 5 N–H and O–H groups in total. The molecule has 0 spiro atoms. The smallest absolute Gasteiger partial charge is 0.269 e. The molecule has 2 amide bonds. The maximum Gasteiger partial charge on any atom is 0.269 e. The molecule has 7 heteroatoms. The highest BCUT2D eigenvalue weighted by atomic mass is 16.3. The number of nitrogens with one attached hydrogen (secondary N) is 2. The van der Waals surface area contributed by atoms with Gasteiger partial charge in [-0.05, 0) is 75.1 Å². The van der Waals surface area contributed by atoms with Crippen molar-refractivity contribution in [3.8, 4) is 5.75 Å². The number of carbonyl (C=O) groups excluding carboxylic acids is 2. The fraction of sp³-hybridized carbons (Fsp3) is 0.320. The molecule has 1 atom stereocenters. The highest BCUT2D eigenvalue weighted by Crippen LogP contribution is 2.22. The minimum atomic E-state index is -0.755. The van der Waals surface area contributed by atoms with E-state index >= 15 is 0 Å². The van der Waals surface area contributed by atoms with E-state index in [2.05, 4.69) is 15.6 Å². The van der Waals surface area contributed by atoms with Crippen molar-refractivity contribution in [2.45, 2.75) is 45.7 Å². The van der Waals surface area contributed by atoms with Crippen LogP contribution in [-0.4, -0.2) is 40.0 Å². The molecule has 0 saturated carbocycles. The fourth-order valence-corrected chi connectivity index (χ4v) is 3.66. The van der Waals surface area contributed by atoms with Gasteiger partial charge in [0.15, 0.2) is 0 Å². The number of benzene rings is 2. The number of nitrogens with two attached hydrogens (primary N) is 1. The molecular weight excluding hydrogens is 404 g/mol. The Morgan fingerprint density at radius 2 is 1.75 bits per heavy atom. The topological polar surface area (TPSA) is 117 Å². The van der Waals surface area contributed by atoms with E-state index in [1.54, 1.807) is 18.2 Å². The highest BCUT2D eigenvalue weighted by Gasteiger charge is 2.25. The van der Waals surface area contributed by atoms with E-state index in [9.17, 15) is 14.7 Å². The lowest BCUT2D eigenvalue weighted by Crippen LogP contribution is -2.56. The summed E-state index contributed by atoms with van der Waals surface area (Å²) in [6.45, 7) is 7.63. The zero-order chi connectivity index (χ0) is 23.5. The number of aromatic hydroxyl groups is 1. The fourth-order valence-electron chi connectivity index (χ4n) is 3.66. The van der Waals surface area contributed by atoms with Crippen LogP contribution in [0.15, 0.2) is 48.5 Å². The van der Waals surface area contributed by atoms with Crippen LogP contribution >= 0.6 is 0 Å². The van der Waals surface area contributed by atoms with Gasteiger partial charge in [0.05, 0.1) is 17.1 Å². The van der Waals surface area contributed by atoms with E-state index in [0.717, 1.165) is 27.6 Å². The summed E-state index contributed by atoms with van der Waals surface area (Å²) in [6, 6.07) is 13.7. The van der Waals surface area contributed by atoms with Gasteiger partial charge in [0, 0.05) is 11.9 Å². The number of aryl methyl sites for hydroxylation is 2. The third-order valence-corrected chi connectivity index (χ3v) is 5.43. The van der Waals surface area contributed by atoms with E-state index in [4.69, 9.17) is 5.73 Å². The van der Waals surface area contributed by atoms with Crippen molar-refractivity contribution in [3.05, 3.63) is 70.9 Å². The molecule has 7 nitrogen and oxygen atoms in total. The first-order valence-electron chi connectivity index (χ1n) is 10.6. The third-order valence-electron chi connectivity index (χ3n) is 5.43. The molecule has 0 saturated heterocycles. The lowest BCUT2D eigenvalue weighted by molar-refractivity contribution is -0.123. The SMILES string of the molecule is Cc1cc(O)cc(C)c1C[C@H](N)C(=O)NC(C)(C)CNC(=O)c1ccc2ccccc2n1. The molecule has 0 aliphatic carbocycles. The average Bonchev–Trinajstić information content (AvgIpc) is 2.73. The average molecular weight is 435 g/mol. The van der Waals surface area contributed by atoms with Crippen LogP contribution < -0.4 is 16.4 Å². The van der Waals surface area contributed by atoms with Gasteiger partial charge in [0.25, 0.3) is 5.91 Å². The van der Waals surface area contributed by atoms with Crippen LogP contribution in [0, 0.1) is 13.8 Å². The van der Waals surface area contributed by atoms with Crippen molar-refractivity contribution in [2.75, 3.05) is 6.54 Å². The largest absolute Gasteiger partial charge is 0.508 e. The summed E-state index contributed by atoms with van der Waals surface area (Å²) < 4.78 is 0. The Morgan fingerprint density at radius 1 is 1.09 bits per heavy atom. The maximum atomic E-state index is 12.7. The minimum Gasteiger partial charge on any atom is -0.508 e. The number of aromatic nitrogens is 1. The van der Waals surface area contributed by atoms with Crippen molar-refractivity contribution >= 4 is 22.7 Å². The number of pyridine rings is 1. The quantitative estimate of drug-likeness (QED) is 0.456. The number of rotatable bonds is 7. The van der Waals surface area contributed by atoms with Crippen LogP contribution in [0.25, 0.3) is 10.9 Å². The van der Waals surface area contributed by atoms with Crippen LogP contribution in [0.3, 0.4) is 0 Å². The van der Waals surface area contributed by atoms with Gasteiger partial charge < -0.3 is 21.5 Å². The number of amides is 2. The van der Waals surface area contributed by atoms with Gasteiger partial charge in [0.1, 0.15) is 11.4 Å². The zero-order valence-electron chi connectivity index (χ0n) is 18.9. The van der Waals surface area contributed by atoms with Gasteiger partial charge in [-0.25, -0.2) is 4.98 Å². The van der Waals surface area contributed by atoms with E-state index in [0.29, 0.717) is 12.1 Å². The third kappa shape index (κ3) is 5.62. The Morgan fingerprint density at radius 3 is 2.44 bits per heavy atom. The number of para-hydroxylation sites is 1. The summed E-state index contributed by atoms with van der Waals surface area (Å²) in [4.78, 5) is 29.7. The lowest BCUT2D eigenvalue weighted by Gasteiger charge is -2.28. The Hall–Kier alpha value is -3.45. The van der Waals surface area contributed by atoms with Crippen LogP contribution in [-0.2, 0) is 11.2 Å². The van der Waals surface area contributed by atoms with Crippen molar-refractivity contribution in [3.63, 3.8) is 0 Å². The first-order chi connectivity index (χ1) is 15.1. The Kier molecular flexibility index (Phi) is 6.79. The Labute approximate surface area is 188 Å². The second-order valence-electron chi connectivity index (χ2n) is 8.81. The molecule has 0 radical (unpaired) electrons. The number of hydrogen-bond donors (Lipinski definition) is 4. The second kappa shape index (κ2) is 9.36. The van der Waals surface area contributed by atoms with E-state index in [1.165, 1.54) is 0 Å². The standard InChI is InChI=1S/C25H30N4O3/c1-15-11-18(30)12-16(2)19(15)13-20(26)23(31)29-25(3,4)14-27-24(32)22-10-9-17-7-5-6-8-21(17)28-22/h5-12,20,30H,13-14,26H2,1-4H3,(H,27,32)(H,29,31)/t20-/m0/s1. The monoisotopic (exact) mass is 434 g/mol. The van der Waals surface area contributed by atoms with Crippen LogP contribution in [0.4, 0.5) is 0 Å². The van der Waals surface area contributed by atoms with Gasteiger partial charge in [0.2, 0.25) is 5.91 Å². The van der Waals surface area contributed by atoms with Crippen molar-refractivity contribution < 1.29 is 14.7 Å². The molecular formula is C25H30N4O3. The summed E-state index contributed by atoms with van der Waals surface area (Å²) in [6.07, 6.45) is 0.354. The van der Waals surface area contributed by atoms with Crippen LogP contribution in [0.1, 0.15) is 41.0 Å². The number of nitrogens with zero attached hydrogens (tertiary/aromatic N) is 1. The van der Waals surface area contributed by atoms with E-state index in [1.807, 2.05) is 58.0 Å². The van der Waals surface area contributed by atoms with Gasteiger partial charge in [-0.1, -0.05) is 24.3 Å². The minimum absolute atomic E-state index is 0.194. The molecule has 168 valence electrons. The molecule has 3 rings (SSSR count). The summed E-state index contributed by atoms with van der Waals surface area (Å²) in [5, 5.41) is 16.4. The normalized spacial score (nSPS) is 12.4. The maximum absolute atomic E-state index is 12.7. The summed E-state index contributed by atoms with van der Waals surface area (Å²) in [5.41, 5.74) is 9.24. The summed E-state index contributed by atoms with van der Waals surface area (Å²) >= 11 is 0. The second-order valence-corrected chi connectivity index (χ2v) is 8.81. The summed E-state index contributed by atoms with van der Waals surface area (Å²) in [7, 11) is 0. The van der Waals surface area contributed by atoms with Crippen molar-refractivity contribution in [1.29, 1.82) is 0 Å². The van der Waals surface area contributed by atoms with Crippen LogP contribution in [0.5, 0.6) is 5.75 Å². The Balaban J connectivity index is 1.58. The first kappa shape index (κ1) is 23.2. The molecule has 32 heavy (non-hydrogen) atoms. The first-order valence-corrected chi connectivity index (χ1v) is 10.6. The van der Waals surface area contributed by atoms with Crippen molar-refractivity contribution in [1.82, 2.24) is 15.6 Å². The molecule has 0 aliphatic rings. The van der Waals surface area contributed by atoms with Crippen molar-refractivity contribution in [2.24, 2.45) is 5.73 Å². The number of fused-ring (bicyclic) bond motifs is 1. The number of phenolic OH excluding ortho intramolecular Hbond substituents is 1. The van der Waals surface area contributed by atoms with E-state index in [-0.39, 0.29) is 24.1 Å². The van der Waals surface area contributed by atoms with Gasteiger partial charge in [-0.3, -0.25) is 9.59 Å². The van der Waals surface area contributed by atoms with Crippen LogP contribution in [0.2, 0.25) is 0 Å². The zero-order valence-corrected chi connectivity index (χ0v) is 18.9. The molecule has 2 aromatic carbocycles. The Bertz CT molecular complexity index is 1130. The number of hydrogen-bond acceptors (Lipinski definition) is 5. The lowest BCUT2D eigenvalue weighted by atomic mass is 9.95. The molecule has 0 fully saturated rings. The molecule has 0 unspecified atom stereocenters. The van der Waals surface area contributed by atoms with Gasteiger partial charge in [-0.2, -0.15) is 0 Å². The highest BCUT2D eigenvalue weighted by molar-refractivity contribution is 5.95. The molecule has 1 aromatic heterocycles. The predicted molar refractivity (Wildman–Crippen MR) is 126 cm³/mol. The molecule has 0 bridgehead atoms. The number of carbonyl (C=O) groups is 2. The van der Waals surface area contributed by atoms with Gasteiger partial charge in [-0.15, -0.1) is 0 Å². The van der Waals surface area contributed by atoms with Gasteiger partial charge >= 0.3 is 0 Å². The molecule has 3 aromatic rings. The molecule has 0 aliphatic heterocycles. The number of phenols is 1. The molecule has 1 heterocycles.